The summed E-state index contributed by atoms with van der Waals surface area (Å²) in [5.41, 5.74) is 1.10. The van der Waals surface area contributed by atoms with E-state index in [1.54, 1.807) is 19.2 Å². The Morgan fingerprint density at radius 1 is 1.40 bits per heavy atom. The lowest BCUT2D eigenvalue weighted by Crippen LogP contribution is -2.29. The third kappa shape index (κ3) is 1.68. The van der Waals surface area contributed by atoms with Crippen LogP contribution in [0.3, 0.4) is 0 Å². The van der Waals surface area contributed by atoms with Crippen molar-refractivity contribution in [2.24, 2.45) is 0 Å². The highest BCUT2D eigenvalue weighted by atomic mass is 32.2. The van der Waals surface area contributed by atoms with E-state index in [0.717, 1.165) is 5.69 Å². The molecule has 15 heavy (non-hydrogen) atoms. The molecule has 0 spiro atoms. The van der Waals surface area contributed by atoms with E-state index in [-0.39, 0.29) is 4.90 Å². The summed E-state index contributed by atoms with van der Waals surface area (Å²) < 4.78 is 23.2. The molecule has 0 unspecified atom stereocenters. The number of nitrogens with one attached hydrogen (secondary N) is 2. The van der Waals surface area contributed by atoms with Crippen LogP contribution in [0.5, 0.6) is 0 Å². The smallest absolute Gasteiger partial charge is 0.239 e. The molecule has 1 aliphatic heterocycles. The zero-order chi connectivity index (χ0) is 11.1. The van der Waals surface area contributed by atoms with Crippen LogP contribution in [0.2, 0.25) is 0 Å². The minimum absolute atomic E-state index is 0.182. The van der Waals surface area contributed by atoms with Gasteiger partial charge < -0.3 is 10.6 Å². The standard InChI is InChI=1S/C9H10N2O3S/c1-10-6-2-3-8-7(4-6)11-9(12)5-15(8,13)14/h2-4,10H,5H2,1H3,(H,11,12). The minimum atomic E-state index is -3.46. The van der Waals surface area contributed by atoms with Gasteiger partial charge in [0.05, 0.1) is 10.6 Å². The van der Waals surface area contributed by atoms with E-state index >= 15 is 0 Å². The fourth-order valence-electron chi connectivity index (χ4n) is 1.49. The SMILES string of the molecule is CNc1ccc2c(c1)NC(=O)CS2(=O)=O. The molecule has 0 saturated heterocycles. The van der Waals surface area contributed by atoms with Crippen LogP contribution in [0, 0.1) is 0 Å². The van der Waals surface area contributed by atoms with Gasteiger partial charge in [-0.3, -0.25) is 4.79 Å². The zero-order valence-electron chi connectivity index (χ0n) is 8.07. The van der Waals surface area contributed by atoms with Gasteiger partial charge in [0.15, 0.2) is 9.84 Å². The van der Waals surface area contributed by atoms with E-state index in [1.165, 1.54) is 6.07 Å². The van der Waals surface area contributed by atoms with Gasteiger partial charge in [0.1, 0.15) is 5.75 Å². The second-order valence-electron chi connectivity index (χ2n) is 3.27. The zero-order valence-corrected chi connectivity index (χ0v) is 8.89. The quantitative estimate of drug-likeness (QED) is 0.729. The first-order valence-electron chi connectivity index (χ1n) is 4.37. The highest BCUT2D eigenvalue weighted by Crippen LogP contribution is 2.29. The Morgan fingerprint density at radius 3 is 2.80 bits per heavy atom. The Morgan fingerprint density at radius 2 is 2.13 bits per heavy atom. The van der Waals surface area contributed by atoms with Gasteiger partial charge >= 0.3 is 0 Å². The monoisotopic (exact) mass is 226 g/mol. The predicted octanol–water partition coefficient (Wildman–Crippen LogP) is 0.454. The molecule has 1 aliphatic rings. The summed E-state index contributed by atoms with van der Waals surface area (Å²) in [6, 6.07) is 4.76. The van der Waals surface area contributed by atoms with Crippen LogP contribution in [0.4, 0.5) is 11.4 Å². The average Bonchev–Trinajstić information content (AvgIpc) is 2.15. The summed E-state index contributed by atoms with van der Waals surface area (Å²) in [7, 11) is -1.73. The summed E-state index contributed by atoms with van der Waals surface area (Å²) in [6.07, 6.45) is 0. The maximum absolute atomic E-state index is 11.6. The van der Waals surface area contributed by atoms with E-state index in [0.29, 0.717) is 5.69 Å². The summed E-state index contributed by atoms with van der Waals surface area (Å²) in [6.45, 7) is 0. The number of fused-ring (bicyclic) bond motifs is 1. The number of hydrogen-bond acceptors (Lipinski definition) is 4. The molecule has 0 bridgehead atoms. The van der Waals surface area contributed by atoms with E-state index in [9.17, 15) is 13.2 Å². The number of benzene rings is 1. The number of sulfone groups is 1. The number of hydrogen-bond donors (Lipinski definition) is 2. The van der Waals surface area contributed by atoms with Crippen molar-refractivity contribution >= 4 is 27.1 Å². The van der Waals surface area contributed by atoms with Gasteiger partial charge in [-0.05, 0) is 18.2 Å². The molecule has 0 radical (unpaired) electrons. The largest absolute Gasteiger partial charge is 0.388 e. The summed E-state index contributed by atoms with van der Waals surface area (Å²) in [4.78, 5) is 11.3. The Kier molecular flexibility index (Phi) is 2.15. The summed E-state index contributed by atoms with van der Waals surface area (Å²) in [5, 5.41) is 5.41. The van der Waals surface area contributed by atoms with Crippen LogP contribution in [0.15, 0.2) is 23.1 Å². The maximum atomic E-state index is 11.6. The molecule has 0 saturated carbocycles. The van der Waals surface area contributed by atoms with Crippen molar-refractivity contribution in [3.8, 4) is 0 Å². The van der Waals surface area contributed by atoms with Crippen molar-refractivity contribution in [1.29, 1.82) is 0 Å². The van der Waals surface area contributed by atoms with Gasteiger partial charge in [0.2, 0.25) is 5.91 Å². The van der Waals surface area contributed by atoms with Gasteiger partial charge in [-0.15, -0.1) is 0 Å². The number of carbonyl (C=O) groups excluding carboxylic acids is 1. The molecule has 80 valence electrons. The average molecular weight is 226 g/mol. The lowest BCUT2D eigenvalue weighted by molar-refractivity contribution is -0.114. The lowest BCUT2D eigenvalue weighted by atomic mass is 10.2. The van der Waals surface area contributed by atoms with Crippen LogP contribution in [-0.4, -0.2) is 27.1 Å². The minimum Gasteiger partial charge on any atom is -0.388 e. The van der Waals surface area contributed by atoms with E-state index in [2.05, 4.69) is 10.6 Å². The number of amides is 1. The van der Waals surface area contributed by atoms with E-state index in [4.69, 9.17) is 0 Å². The fourth-order valence-corrected chi connectivity index (χ4v) is 2.78. The topological polar surface area (TPSA) is 75.3 Å². The Bertz CT molecular complexity index is 522. The summed E-state index contributed by atoms with van der Waals surface area (Å²) in [5.74, 6) is -0.963. The van der Waals surface area contributed by atoms with Crippen molar-refractivity contribution in [2.75, 3.05) is 23.4 Å². The van der Waals surface area contributed by atoms with Gasteiger partial charge in [0, 0.05) is 12.7 Å². The van der Waals surface area contributed by atoms with Crippen molar-refractivity contribution < 1.29 is 13.2 Å². The number of carbonyl (C=O) groups is 1. The molecule has 0 aliphatic carbocycles. The molecule has 0 aromatic heterocycles. The van der Waals surface area contributed by atoms with E-state index in [1.807, 2.05) is 0 Å². The Balaban J connectivity index is 2.62. The van der Waals surface area contributed by atoms with Gasteiger partial charge in [0.25, 0.3) is 0 Å². The molecular formula is C9H10N2O3S. The first kappa shape index (κ1) is 9.97. The lowest BCUT2D eigenvalue weighted by Gasteiger charge is -2.17. The molecule has 1 heterocycles. The normalized spacial score (nSPS) is 17.8. The molecular weight excluding hydrogens is 216 g/mol. The molecule has 6 heteroatoms. The van der Waals surface area contributed by atoms with Crippen molar-refractivity contribution in [3.63, 3.8) is 0 Å². The first-order chi connectivity index (χ1) is 7.03. The molecule has 5 nitrogen and oxygen atoms in total. The van der Waals surface area contributed by atoms with Crippen molar-refractivity contribution in [1.82, 2.24) is 0 Å². The van der Waals surface area contributed by atoms with Crippen LogP contribution in [0.1, 0.15) is 0 Å². The van der Waals surface area contributed by atoms with Crippen molar-refractivity contribution in [2.45, 2.75) is 4.90 Å². The highest BCUT2D eigenvalue weighted by Gasteiger charge is 2.28. The molecule has 1 aromatic carbocycles. The molecule has 2 N–H and O–H groups in total. The van der Waals surface area contributed by atoms with Gasteiger partial charge in [-0.2, -0.15) is 0 Å². The van der Waals surface area contributed by atoms with E-state index < -0.39 is 21.5 Å². The number of anilines is 2. The predicted molar refractivity (Wildman–Crippen MR) is 56.7 cm³/mol. The second-order valence-corrected chi connectivity index (χ2v) is 5.23. The van der Waals surface area contributed by atoms with Crippen LogP contribution < -0.4 is 10.6 Å². The number of rotatable bonds is 1. The molecule has 2 rings (SSSR count). The highest BCUT2D eigenvalue weighted by molar-refractivity contribution is 7.92. The molecule has 0 atom stereocenters. The van der Waals surface area contributed by atoms with Crippen molar-refractivity contribution in [3.05, 3.63) is 18.2 Å². The van der Waals surface area contributed by atoms with Gasteiger partial charge in [-0.1, -0.05) is 0 Å². The summed E-state index contributed by atoms with van der Waals surface area (Å²) >= 11 is 0. The third-order valence-electron chi connectivity index (χ3n) is 2.20. The molecule has 1 amide bonds. The van der Waals surface area contributed by atoms with Crippen LogP contribution >= 0.6 is 0 Å². The third-order valence-corrected chi connectivity index (χ3v) is 3.87. The second kappa shape index (κ2) is 3.23. The molecule has 1 aromatic rings. The van der Waals surface area contributed by atoms with Crippen LogP contribution in [-0.2, 0) is 14.6 Å². The first-order valence-corrected chi connectivity index (χ1v) is 6.02. The fraction of sp³-hybridized carbons (Fsp3) is 0.222. The maximum Gasteiger partial charge on any atom is 0.239 e. The molecule has 0 fully saturated rings. The Labute approximate surface area is 87.4 Å². The van der Waals surface area contributed by atoms with Crippen LogP contribution in [0.25, 0.3) is 0 Å². The Hall–Kier alpha value is -1.56. The van der Waals surface area contributed by atoms with Gasteiger partial charge in [-0.25, -0.2) is 8.42 Å².